The first-order chi connectivity index (χ1) is 9.77. The fourth-order valence-corrected chi connectivity index (χ4v) is 2.87. The largest absolute Gasteiger partial charge is 0.279 e. The summed E-state index contributed by atoms with van der Waals surface area (Å²) in [7, 11) is 0. The highest BCUT2D eigenvalue weighted by Gasteiger charge is 2.21. The van der Waals surface area contributed by atoms with Crippen LogP contribution in [0.1, 0.15) is 0 Å². The van der Waals surface area contributed by atoms with E-state index in [2.05, 4.69) is 4.98 Å². The summed E-state index contributed by atoms with van der Waals surface area (Å²) in [6.45, 7) is 0. The molecule has 0 saturated heterocycles. The van der Waals surface area contributed by atoms with Crippen LogP contribution in [0.5, 0.6) is 0 Å². The summed E-state index contributed by atoms with van der Waals surface area (Å²) in [6.07, 6.45) is 1.64. The fraction of sp³-hybridized carbons (Fsp3) is 0. The third kappa shape index (κ3) is 2.19. The zero-order valence-electron chi connectivity index (χ0n) is 10.4. The normalized spacial score (nSPS) is 10.4. The predicted octanol–water partition coefficient (Wildman–Crippen LogP) is 4.39. The second kappa shape index (κ2) is 5.22. The molecule has 0 bridgehead atoms. The number of benzene rings is 1. The van der Waals surface area contributed by atoms with Crippen LogP contribution >= 0.6 is 11.3 Å². The maximum Gasteiger partial charge on any atom is 0.279 e. The fourth-order valence-electron chi connectivity index (χ4n) is 2.11. The number of thiophene rings is 1. The van der Waals surface area contributed by atoms with E-state index < -0.39 is 0 Å². The summed E-state index contributed by atoms with van der Waals surface area (Å²) < 4.78 is 0. The SMILES string of the molecule is O=[N+]([O-])c1cccc(-c2cccs2)c1-c1ccccn1. The van der Waals surface area contributed by atoms with Crippen LogP contribution in [-0.2, 0) is 0 Å². The summed E-state index contributed by atoms with van der Waals surface area (Å²) >= 11 is 1.55. The Morgan fingerprint density at radius 3 is 2.60 bits per heavy atom. The lowest BCUT2D eigenvalue weighted by atomic mass is 10.0. The molecule has 0 saturated carbocycles. The molecule has 0 aliphatic heterocycles. The van der Waals surface area contributed by atoms with Crippen LogP contribution in [0.3, 0.4) is 0 Å². The van der Waals surface area contributed by atoms with Gasteiger partial charge in [0.05, 0.1) is 16.2 Å². The summed E-state index contributed by atoms with van der Waals surface area (Å²) in [5.74, 6) is 0. The molecule has 0 aliphatic carbocycles. The summed E-state index contributed by atoms with van der Waals surface area (Å²) in [4.78, 5) is 16.2. The quantitative estimate of drug-likeness (QED) is 0.529. The van der Waals surface area contributed by atoms with Crippen LogP contribution in [0.2, 0.25) is 0 Å². The zero-order valence-corrected chi connectivity index (χ0v) is 11.2. The van der Waals surface area contributed by atoms with E-state index in [0.29, 0.717) is 11.3 Å². The van der Waals surface area contributed by atoms with Gasteiger partial charge in [-0.05, 0) is 23.6 Å². The van der Waals surface area contributed by atoms with Gasteiger partial charge in [0.25, 0.3) is 5.69 Å². The molecule has 20 heavy (non-hydrogen) atoms. The molecular formula is C15H10N2O2S. The van der Waals surface area contributed by atoms with E-state index in [1.165, 1.54) is 6.07 Å². The average molecular weight is 282 g/mol. The molecule has 0 fully saturated rings. The Morgan fingerprint density at radius 2 is 1.95 bits per heavy atom. The molecule has 0 N–H and O–H groups in total. The van der Waals surface area contributed by atoms with Crippen molar-refractivity contribution in [3.05, 3.63) is 70.2 Å². The molecule has 3 rings (SSSR count). The Morgan fingerprint density at radius 1 is 1.05 bits per heavy atom. The van der Waals surface area contributed by atoms with E-state index in [-0.39, 0.29) is 10.6 Å². The van der Waals surface area contributed by atoms with Crippen molar-refractivity contribution >= 4 is 17.0 Å². The monoisotopic (exact) mass is 282 g/mol. The van der Waals surface area contributed by atoms with Crippen LogP contribution < -0.4 is 0 Å². The summed E-state index contributed by atoms with van der Waals surface area (Å²) in [6, 6.07) is 14.4. The van der Waals surface area contributed by atoms with E-state index in [9.17, 15) is 10.1 Å². The molecule has 2 aromatic heterocycles. The van der Waals surface area contributed by atoms with Gasteiger partial charge in [-0.25, -0.2) is 0 Å². The number of nitro groups is 1. The van der Waals surface area contributed by atoms with E-state index in [4.69, 9.17) is 0 Å². The van der Waals surface area contributed by atoms with Gasteiger partial charge in [-0.3, -0.25) is 15.1 Å². The molecular weight excluding hydrogens is 272 g/mol. The molecule has 98 valence electrons. The number of rotatable bonds is 3. The Bertz CT molecular complexity index is 740. The van der Waals surface area contributed by atoms with Gasteiger partial charge in [0, 0.05) is 22.7 Å². The Labute approximate surface area is 119 Å². The van der Waals surface area contributed by atoms with Crippen LogP contribution in [0.25, 0.3) is 21.7 Å². The lowest BCUT2D eigenvalue weighted by Crippen LogP contribution is -1.95. The second-order valence-electron chi connectivity index (χ2n) is 4.15. The molecule has 3 aromatic rings. The Balaban J connectivity index is 2.31. The minimum Gasteiger partial charge on any atom is -0.258 e. The van der Waals surface area contributed by atoms with Crippen LogP contribution in [0.15, 0.2) is 60.1 Å². The summed E-state index contributed by atoms with van der Waals surface area (Å²) in [5.41, 5.74) is 2.10. The Kier molecular flexibility index (Phi) is 3.26. The maximum absolute atomic E-state index is 11.3. The number of hydrogen-bond acceptors (Lipinski definition) is 4. The number of nitrogens with zero attached hydrogens (tertiary/aromatic N) is 2. The number of pyridine rings is 1. The zero-order chi connectivity index (χ0) is 13.9. The van der Waals surface area contributed by atoms with Gasteiger partial charge in [0.1, 0.15) is 0 Å². The van der Waals surface area contributed by atoms with Gasteiger partial charge in [-0.2, -0.15) is 0 Å². The third-order valence-electron chi connectivity index (χ3n) is 2.95. The Hall–Kier alpha value is -2.53. The molecule has 0 aliphatic rings. The molecule has 0 atom stereocenters. The molecule has 0 amide bonds. The van der Waals surface area contributed by atoms with Crippen molar-refractivity contribution in [2.45, 2.75) is 0 Å². The maximum atomic E-state index is 11.3. The van der Waals surface area contributed by atoms with Crippen molar-refractivity contribution in [3.8, 4) is 21.7 Å². The van der Waals surface area contributed by atoms with Gasteiger partial charge in [-0.1, -0.05) is 24.3 Å². The van der Waals surface area contributed by atoms with Gasteiger partial charge in [0.2, 0.25) is 0 Å². The number of hydrogen-bond donors (Lipinski definition) is 0. The van der Waals surface area contributed by atoms with Gasteiger partial charge in [-0.15, -0.1) is 11.3 Å². The van der Waals surface area contributed by atoms with Crippen LogP contribution in [0, 0.1) is 10.1 Å². The second-order valence-corrected chi connectivity index (χ2v) is 5.10. The minimum atomic E-state index is -0.360. The molecule has 0 radical (unpaired) electrons. The van der Waals surface area contributed by atoms with E-state index in [1.807, 2.05) is 29.6 Å². The first-order valence-corrected chi connectivity index (χ1v) is 6.88. The first kappa shape index (κ1) is 12.5. The van der Waals surface area contributed by atoms with Crippen molar-refractivity contribution in [1.29, 1.82) is 0 Å². The van der Waals surface area contributed by atoms with E-state index >= 15 is 0 Å². The van der Waals surface area contributed by atoms with Gasteiger partial charge < -0.3 is 0 Å². The molecule has 0 unspecified atom stereocenters. The van der Waals surface area contributed by atoms with E-state index in [0.717, 1.165) is 10.4 Å². The highest BCUT2D eigenvalue weighted by atomic mass is 32.1. The number of aromatic nitrogens is 1. The van der Waals surface area contributed by atoms with E-state index in [1.54, 1.807) is 35.7 Å². The van der Waals surface area contributed by atoms with Crippen molar-refractivity contribution in [1.82, 2.24) is 4.98 Å². The smallest absolute Gasteiger partial charge is 0.258 e. The predicted molar refractivity (Wildman–Crippen MR) is 79.6 cm³/mol. The van der Waals surface area contributed by atoms with Crippen molar-refractivity contribution in [2.24, 2.45) is 0 Å². The topological polar surface area (TPSA) is 56.0 Å². The number of nitro benzene ring substituents is 1. The summed E-state index contributed by atoms with van der Waals surface area (Å²) in [5, 5.41) is 13.3. The molecule has 1 aromatic carbocycles. The van der Waals surface area contributed by atoms with Gasteiger partial charge in [0.15, 0.2) is 0 Å². The van der Waals surface area contributed by atoms with Crippen molar-refractivity contribution in [3.63, 3.8) is 0 Å². The molecule has 0 spiro atoms. The van der Waals surface area contributed by atoms with Crippen LogP contribution in [-0.4, -0.2) is 9.91 Å². The lowest BCUT2D eigenvalue weighted by Gasteiger charge is -2.08. The lowest BCUT2D eigenvalue weighted by molar-refractivity contribution is -0.384. The first-order valence-electron chi connectivity index (χ1n) is 6.00. The van der Waals surface area contributed by atoms with Crippen LogP contribution in [0.4, 0.5) is 5.69 Å². The highest BCUT2D eigenvalue weighted by molar-refractivity contribution is 7.13. The average Bonchev–Trinajstić information content (AvgIpc) is 3.01. The van der Waals surface area contributed by atoms with Gasteiger partial charge >= 0.3 is 0 Å². The standard InChI is InChI=1S/C15H10N2O2S/c18-17(19)13-7-3-5-11(14-8-4-10-20-14)15(13)12-6-1-2-9-16-12/h1-10H. The van der Waals surface area contributed by atoms with Crippen molar-refractivity contribution < 1.29 is 4.92 Å². The highest BCUT2D eigenvalue weighted by Crippen LogP contribution is 2.39. The third-order valence-corrected chi connectivity index (χ3v) is 3.85. The van der Waals surface area contributed by atoms with Crippen molar-refractivity contribution in [2.75, 3.05) is 0 Å². The minimum absolute atomic E-state index is 0.0783. The molecule has 5 heteroatoms. The molecule has 4 nitrogen and oxygen atoms in total. The molecule has 2 heterocycles.